The number of anilines is 2. The zero-order valence-electron chi connectivity index (χ0n) is 26.8. The van der Waals surface area contributed by atoms with E-state index >= 15 is 0 Å². The summed E-state index contributed by atoms with van der Waals surface area (Å²) in [6, 6.07) is 7.88. The quantitative estimate of drug-likeness (QED) is 0.359. The monoisotopic (exact) mass is 573 g/mol. The van der Waals surface area contributed by atoms with Crippen molar-refractivity contribution >= 4 is 11.8 Å². The molecule has 0 amide bonds. The summed E-state index contributed by atoms with van der Waals surface area (Å²) in [7, 11) is 1.75. The zero-order valence-corrected chi connectivity index (χ0v) is 26.8. The second kappa shape index (κ2) is 25.4. The van der Waals surface area contributed by atoms with Gasteiger partial charge in [-0.3, -0.25) is 9.80 Å². The van der Waals surface area contributed by atoms with Crippen molar-refractivity contribution in [3.63, 3.8) is 0 Å². The van der Waals surface area contributed by atoms with E-state index in [1.165, 1.54) is 25.7 Å². The molecule has 0 aromatic carbocycles. The Morgan fingerprint density at radius 3 is 1.71 bits per heavy atom. The molecule has 2 fully saturated rings. The molecular weight excluding hydrogens is 514 g/mol. The van der Waals surface area contributed by atoms with E-state index in [2.05, 4.69) is 54.5 Å². The van der Waals surface area contributed by atoms with Gasteiger partial charge < -0.3 is 19.6 Å². The maximum Gasteiger partial charge on any atom is 0.225 e. The van der Waals surface area contributed by atoms with Crippen molar-refractivity contribution in [1.82, 2.24) is 24.8 Å². The molecule has 1 N–H and O–H groups in total. The molecule has 41 heavy (non-hydrogen) atoms. The minimum Gasteiger partial charge on any atom is -0.396 e. The molecule has 2 aromatic heterocycles. The van der Waals surface area contributed by atoms with Crippen LogP contribution in [0.1, 0.15) is 66.2 Å². The molecule has 0 atom stereocenters. The molecule has 0 bridgehead atoms. The number of pyridine rings is 1. The normalized spacial score (nSPS) is 15.6. The maximum atomic E-state index is 8.78. The van der Waals surface area contributed by atoms with Crippen LogP contribution < -0.4 is 9.80 Å². The molecule has 0 aliphatic carbocycles. The third kappa shape index (κ3) is 16.6. The van der Waals surface area contributed by atoms with Crippen LogP contribution in [0.5, 0.6) is 0 Å². The molecule has 0 unspecified atom stereocenters. The largest absolute Gasteiger partial charge is 0.396 e. The molecular formula is C32H59N7O2. The highest BCUT2D eigenvalue weighted by Crippen LogP contribution is 2.12. The van der Waals surface area contributed by atoms with Crippen molar-refractivity contribution in [2.45, 2.75) is 66.2 Å². The molecule has 9 nitrogen and oxygen atoms in total. The van der Waals surface area contributed by atoms with Crippen LogP contribution in [0.2, 0.25) is 0 Å². The number of rotatable bonds is 12. The third-order valence-corrected chi connectivity index (χ3v) is 6.97. The lowest BCUT2D eigenvalue weighted by molar-refractivity contribution is 0.168. The zero-order chi connectivity index (χ0) is 30.0. The molecule has 9 heteroatoms. The van der Waals surface area contributed by atoms with Crippen molar-refractivity contribution in [2.24, 2.45) is 0 Å². The minimum absolute atomic E-state index is 0.292. The van der Waals surface area contributed by atoms with Gasteiger partial charge >= 0.3 is 0 Å². The summed E-state index contributed by atoms with van der Waals surface area (Å²) < 4.78 is 5.07. The smallest absolute Gasteiger partial charge is 0.225 e. The number of hydrogen-bond donors (Lipinski definition) is 1. The first-order valence-corrected chi connectivity index (χ1v) is 15.9. The first-order valence-electron chi connectivity index (χ1n) is 15.9. The summed E-state index contributed by atoms with van der Waals surface area (Å²) in [6.45, 7) is 20.1. The number of ether oxygens (including phenoxy) is 1. The molecule has 0 saturated carbocycles. The van der Waals surface area contributed by atoms with E-state index in [-0.39, 0.29) is 0 Å². The van der Waals surface area contributed by atoms with Crippen LogP contribution in [0.15, 0.2) is 42.9 Å². The predicted octanol–water partition coefficient (Wildman–Crippen LogP) is 4.83. The molecule has 4 heterocycles. The second-order valence-corrected chi connectivity index (χ2v) is 10.0. The van der Waals surface area contributed by atoms with Gasteiger partial charge in [0.2, 0.25) is 5.95 Å². The number of aliphatic hydroxyl groups excluding tert-OH is 1. The van der Waals surface area contributed by atoms with E-state index in [9.17, 15) is 0 Å². The van der Waals surface area contributed by atoms with Crippen LogP contribution >= 0.6 is 0 Å². The highest BCUT2D eigenvalue weighted by atomic mass is 16.5. The summed E-state index contributed by atoms with van der Waals surface area (Å²) in [6.07, 6.45) is 13.0. The van der Waals surface area contributed by atoms with Crippen LogP contribution in [0.25, 0.3) is 0 Å². The Bertz CT molecular complexity index is 796. The van der Waals surface area contributed by atoms with Crippen LogP contribution in [0, 0.1) is 0 Å². The Morgan fingerprint density at radius 2 is 1.22 bits per heavy atom. The molecule has 2 aliphatic heterocycles. The Balaban J connectivity index is 0.000000328. The van der Waals surface area contributed by atoms with Crippen molar-refractivity contribution in [1.29, 1.82) is 0 Å². The maximum absolute atomic E-state index is 8.78. The highest BCUT2D eigenvalue weighted by Gasteiger charge is 2.18. The molecule has 0 radical (unpaired) electrons. The Morgan fingerprint density at radius 1 is 0.683 bits per heavy atom. The van der Waals surface area contributed by atoms with E-state index in [4.69, 9.17) is 9.84 Å². The predicted molar refractivity (Wildman–Crippen MR) is 173 cm³/mol. The molecule has 2 saturated heterocycles. The lowest BCUT2D eigenvalue weighted by atomic mass is 10.2. The number of aromatic nitrogens is 3. The van der Waals surface area contributed by atoms with E-state index in [1.807, 2.05) is 38.2 Å². The summed E-state index contributed by atoms with van der Waals surface area (Å²) in [5, 5.41) is 8.78. The topological polar surface area (TPSA) is 81.1 Å². The lowest BCUT2D eigenvalue weighted by Gasteiger charge is -2.35. The fourth-order valence-corrected chi connectivity index (χ4v) is 4.59. The first kappa shape index (κ1) is 36.7. The lowest BCUT2D eigenvalue weighted by Crippen LogP contribution is -2.47. The average Bonchev–Trinajstić information content (AvgIpc) is 3.06. The van der Waals surface area contributed by atoms with Gasteiger partial charge in [-0.05, 0) is 31.0 Å². The Kier molecular flexibility index (Phi) is 22.7. The second-order valence-electron chi connectivity index (χ2n) is 10.0. The van der Waals surface area contributed by atoms with Gasteiger partial charge in [-0.15, -0.1) is 0 Å². The standard InChI is InChI=1S/C12H20N4O.C12H19N3O.C6H14.C2H6/c1-17-11-3-6-15-7-9-16(10-8-15)12-13-4-2-5-14-12;16-11-3-6-14-7-9-15(10-8-14)12-4-1-2-5-13-12;1-3-5-6-4-2;1-2/h2,4-5H,3,6-11H2,1H3;1-2,4-5,16H,3,6-11H2;3-6H2,1-2H3;1-2H3. The van der Waals surface area contributed by atoms with Crippen LogP contribution in [-0.4, -0.2) is 116 Å². The SMILES string of the molecule is CC.CCCCCC.COCCCN1CCN(c2ncccn2)CC1.OCCCN1CCN(c2ccccn2)CC1. The molecule has 2 aliphatic rings. The molecule has 0 spiro atoms. The van der Waals surface area contributed by atoms with Gasteiger partial charge in [0.25, 0.3) is 0 Å². The van der Waals surface area contributed by atoms with Gasteiger partial charge in [-0.2, -0.15) is 0 Å². The minimum atomic E-state index is 0.292. The molecule has 2 aromatic rings. The summed E-state index contributed by atoms with van der Waals surface area (Å²) >= 11 is 0. The highest BCUT2D eigenvalue weighted by molar-refractivity contribution is 5.38. The van der Waals surface area contributed by atoms with Crippen molar-refractivity contribution < 1.29 is 9.84 Å². The number of unbranched alkanes of at least 4 members (excludes halogenated alkanes) is 3. The summed E-state index contributed by atoms with van der Waals surface area (Å²) in [5.41, 5.74) is 0. The van der Waals surface area contributed by atoms with Gasteiger partial charge in [-0.25, -0.2) is 15.0 Å². The van der Waals surface area contributed by atoms with Crippen molar-refractivity contribution in [3.05, 3.63) is 42.9 Å². The summed E-state index contributed by atoms with van der Waals surface area (Å²) in [4.78, 5) is 22.3. The van der Waals surface area contributed by atoms with Crippen LogP contribution in [0.4, 0.5) is 11.8 Å². The number of hydrogen-bond acceptors (Lipinski definition) is 9. The third-order valence-electron chi connectivity index (χ3n) is 6.97. The van der Waals surface area contributed by atoms with Gasteiger partial charge in [-0.1, -0.05) is 59.4 Å². The number of methoxy groups -OCH3 is 1. The van der Waals surface area contributed by atoms with Gasteiger partial charge in [0.1, 0.15) is 5.82 Å². The number of nitrogens with zero attached hydrogens (tertiary/aromatic N) is 7. The van der Waals surface area contributed by atoms with Gasteiger partial charge in [0.15, 0.2) is 0 Å². The van der Waals surface area contributed by atoms with Crippen LogP contribution in [-0.2, 0) is 4.74 Å². The van der Waals surface area contributed by atoms with E-state index < -0.39 is 0 Å². The van der Waals surface area contributed by atoms with Crippen molar-refractivity contribution in [3.8, 4) is 0 Å². The van der Waals surface area contributed by atoms with E-state index in [0.717, 1.165) is 96.7 Å². The van der Waals surface area contributed by atoms with E-state index in [1.54, 1.807) is 19.5 Å². The molecule has 4 rings (SSSR count). The Hall–Kier alpha value is -2.33. The molecule has 234 valence electrons. The van der Waals surface area contributed by atoms with Gasteiger partial charge in [0.05, 0.1) is 0 Å². The average molecular weight is 574 g/mol. The van der Waals surface area contributed by atoms with E-state index in [0.29, 0.717) is 6.61 Å². The first-order chi connectivity index (χ1) is 20.2. The fourth-order valence-electron chi connectivity index (χ4n) is 4.59. The number of piperazine rings is 2. The van der Waals surface area contributed by atoms with Crippen molar-refractivity contribution in [2.75, 3.05) is 95.6 Å². The summed E-state index contributed by atoms with van der Waals surface area (Å²) in [5.74, 6) is 1.92. The fraction of sp³-hybridized carbons (Fsp3) is 0.719. The van der Waals surface area contributed by atoms with Crippen LogP contribution in [0.3, 0.4) is 0 Å². The Labute approximate surface area is 250 Å². The number of aliphatic hydroxyl groups is 1. The van der Waals surface area contributed by atoms with Gasteiger partial charge in [0, 0.05) is 104 Å².